The molecule has 0 aliphatic heterocycles. The number of hydrogen-bond acceptors (Lipinski definition) is 2. The van der Waals surface area contributed by atoms with Crippen LogP contribution in [-0.2, 0) is 32.1 Å². The van der Waals surface area contributed by atoms with E-state index in [1.807, 2.05) is 0 Å². The van der Waals surface area contributed by atoms with Crippen molar-refractivity contribution in [1.29, 1.82) is 0 Å². The van der Waals surface area contributed by atoms with Gasteiger partial charge in [0.1, 0.15) is 0 Å². The molecule has 0 saturated heterocycles. The zero-order valence-corrected chi connectivity index (χ0v) is 15.6. The number of benzene rings is 2. The Bertz CT molecular complexity index is 679. The summed E-state index contributed by atoms with van der Waals surface area (Å²) in [4.78, 5) is 4.26. The molecule has 2 aromatic carbocycles. The van der Waals surface area contributed by atoms with Gasteiger partial charge < -0.3 is 5.73 Å². The van der Waals surface area contributed by atoms with E-state index < -0.39 is 0 Å². The highest BCUT2D eigenvalue weighted by molar-refractivity contribution is 5.60. The van der Waals surface area contributed by atoms with Gasteiger partial charge in [-0.2, -0.15) is 0 Å². The van der Waals surface area contributed by atoms with E-state index >= 15 is 0 Å². The molecule has 0 fully saturated rings. The van der Waals surface area contributed by atoms with Crippen LogP contribution in [0.3, 0.4) is 0 Å². The molecule has 0 heterocycles. The number of hydrogen-bond donors (Lipinski definition) is 1. The Kier molecular flexibility index (Phi) is 6.19. The summed E-state index contributed by atoms with van der Waals surface area (Å²) in [6.07, 6.45) is 4.87. The maximum Gasteiger partial charge on any atom is 0.0686 e. The van der Waals surface area contributed by atoms with Crippen LogP contribution in [0.4, 0.5) is 11.4 Å². The van der Waals surface area contributed by atoms with Crippen molar-refractivity contribution < 1.29 is 0 Å². The molecule has 0 bridgehead atoms. The van der Waals surface area contributed by atoms with E-state index in [-0.39, 0.29) is 0 Å². The molecule has 0 unspecified atom stereocenters. The summed E-state index contributed by atoms with van der Waals surface area (Å²) in [5, 5.41) is 0. The highest BCUT2D eigenvalue weighted by atomic mass is 14.7. The molecule has 24 heavy (non-hydrogen) atoms. The number of nitrogen functional groups attached to an aromatic ring is 1. The molecule has 2 heteroatoms. The minimum Gasteiger partial charge on any atom is -0.398 e. The van der Waals surface area contributed by atoms with Gasteiger partial charge in [0.2, 0.25) is 0 Å². The van der Waals surface area contributed by atoms with Gasteiger partial charge >= 0.3 is 0 Å². The monoisotopic (exact) mass is 322 g/mol. The smallest absolute Gasteiger partial charge is 0.0686 e. The zero-order valence-electron chi connectivity index (χ0n) is 15.6. The number of nitrogens with two attached hydrogens (primary N) is 1. The van der Waals surface area contributed by atoms with Crippen LogP contribution in [0, 0.1) is 0 Å². The van der Waals surface area contributed by atoms with Crippen LogP contribution < -0.4 is 5.73 Å². The lowest BCUT2D eigenvalue weighted by molar-refractivity contribution is 1.04. The molecule has 0 spiro atoms. The molecule has 2 aromatic rings. The van der Waals surface area contributed by atoms with Crippen LogP contribution in [0.25, 0.3) is 0 Å². The minimum absolute atomic E-state index is 0.942. The number of anilines is 1. The molecule has 0 aliphatic rings. The molecule has 2 nitrogen and oxygen atoms in total. The molecule has 0 radical (unpaired) electrons. The fourth-order valence-corrected chi connectivity index (χ4v) is 3.45. The topological polar surface area (TPSA) is 38.4 Å². The fraction of sp³-hybridized carbons (Fsp3) is 0.409. The van der Waals surface area contributed by atoms with E-state index in [1.54, 1.807) is 0 Å². The summed E-state index contributed by atoms with van der Waals surface area (Å²) < 4.78 is 0. The van der Waals surface area contributed by atoms with Crippen molar-refractivity contribution in [2.24, 2.45) is 4.99 Å². The number of nitrogens with zero attached hydrogens (tertiary/aromatic N) is 1. The first-order valence-corrected chi connectivity index (χ1v) is 9.09. The van der Waals surface area contributed by atoms with Crippen molar-refractivity contribution in [3.8, 4) is 0 Å². The van der Waals surface area contributed by atoms with Gasteiger partial charge in [-0.1, -0.05) is 52.0 Å². The standard InChI is InChI=1S/C22H30N2/c1-6-17-11-15(12-18(7-2)21(17)23)10-16-13-19(8-3)22(24-5)20(9-4)14-16/h11-14H,5-10,23H2,1-4H3. The summed E-state index contributed by atoms with van der Waals surface area (Å²) in [7, 11) is 0. The van der Waals surface area contributed by atoms with Crippen LogP contribution in [0.1, 0.15) is 61.1 Å². The second kappa shape index (κ2) is 8.14. The summed E-state index contributed by atoms with van der Waals surface area (Å²) in [5.74, 6) is 0. The maximum absolute atomic E-state index is 6.28. The Balaban J connectivity index is 2.46. The minimum atomic E-state index is 0.942. The lowest BCUT2D eigenvalue weighted by Crippen LogP contribution is -2.02. The van der Waals surface area contributed by atoms with E-state index in [4.69, 9.17) is 5.73 Å². The van der Waals surface area contributed by atoms with E-state index in [0.717, 1.165) is 43.5 Å². The summed E-state index contributed by atoms with van der Waals surface area (Å²) in [5.41, 5.74) is 16.1. The first-order valence-electron chi connectivity index (χ1n) is 9.09. The molecule has 128 valence electrons. The first-order chi connectivity index (χ1) is 11.6. The van der Waals surface area contributed by atoms with E-state index in [0.29, 0.717) is 0 Å². The van der Waals surface area contributed by atoms with Gasteiger partial charge in [-0.3, -0.25) is 4.99 Å². The van der Waals surface area contributed by atoms with E-state index in [2.05, 4.69) is 63.7 Å². The average Bonchev–Trinajstić information content (AvgIpc) is 2.61. The van der Waals surface area contributed by atoms with E-state index in [9.17, 15) is 0 Å². The highest BCUT2D eigenvalue weighted by Gasteiger charge is 2.10. The van der Waals surface area contributed by atoms with Crippen molar-refractivity contribution in [3.63, 3.8) is 0 Å². The predicted molar refractivity (Wildman–Crippen MR) is 107 cm³/mol. The lowest BCUT2D eigenvalue weighted by Gasteiger charge is -2.15. The molecule has 2 N–H and O–H groups in total. The van der Waals surface area contributed by atoms with Gasteiger partial charge in [0.15, 0.2) is 0 Å². The zero-order chi connectivity index (χ0) is 17.7. The Morgan fingerprint density at radius 3 is 1.46 bits per heavy atom. The van der Waals surface area contributed by atoms with Gasteiger partial charge in [-0.15, -0.1) is 0 Å². The Morgan fingerprint density at radius 2 is 1.12 bits per heavy atom. The number of aliphatic imine (C=N–C) groups is 1. The van der Waals surface area contributed by atoms with Crippen molar-refractivity contribution in [3.05, 3.63) is 57.6 Å². The molecular weight excluding hydrogens is 292 g/mol. The van der Waals surface area contributed by atoms with Crippen molar-refractivity contribution >= 4 is 18.1 Å². The second-order valence-electron chi connectivity index (χ2n) is 6.34. The Hall–Kier alpha value is -2.09. The van der Waals surface area contributed by atoms with Crippen LogP contribution in [-0.4, -0.2) is 6.72 Å². The second-order valence-corrected chi connectivity index (χ2v) is 6.34. The average molecular weight is 322 g/mol. The van der Waals surface area contributed by atoms with Gasteiger partial charge in [0.05, 0.1) is 5.69 Å². The number of aryl methyl sites for hydroxylation is 4. The van der Waals surface area contributed by atoms with Gasteiger partial charge in [0.25, 0.3) is 0 Å². The van der Waals surface area contributed by atoms with Crippen LogP contribution in [0.5, 0.6) is 0 Å². The molecule has 0 aliphatic carbocycles. The lowest BCUT2D eigenvalue weighted by atomic mass is 9.93. The fourth-order valence-electron chi connectivity index (χ4n) is 3.45. The molecule has 0 aromatic heterocycles. The van der Waals surface area contributed by atoms with Gasteiger partial charge in [-0.05, 0) is 72.2 Å². The van der Waals surface area contributed by atoms with Crippen molar-refractivity contribution in [1.82, 2.24) is 0 Å². The van der Waals surface area contributed by atoms with Gasteiger partial charge in [0, 0.05) is 5.69 Å². The third-order valence-corrected chi connectivity index (χ3v) is 4.83. The Labute approximate surface area is 146 Å². The Morgan fingerprint density at radius 1 is 0.750 bits per heavy atom. The third kappa shape index (κ3) is 3.69. The maximum atomic E-state index is 6.28. The van der Waals surface area contributed by atoms with E-state index in [1.165, 1.54) is 33.4 Å². The molecule has 2 rings (SSSR count). The summed E-state index contributed by atoms with van der Waals surface area (Å²) in [6.45, 7) is 12.5. The first kappa shape index (κ1) is 18.3. The molecule has 0 saturated carbocycles. The summed E-state index contributed by atoms with van der Waals surface area (Å²) >= 11 is 0. The molecule has 0 atom stereocenters. The predicted octanol–water partition coefficient (Wildman–Crippen LogP) is 5.44. The van der Waals surface area contributed by atoms with Crippen molar-refractivity contribution in [2.75, 3.05) is 5.73 Å². The van der Waals surface area contributed by atoms with Gasteiger partial charge in [-0.25, -0.2) is 0 Å². The normalized spacial score (nSPS) is 10.8. The third-order valence-electron chi connectivity index (χ3n) is 4.83. The SMILES string of the molecule is C=Nc1c(CC)cc(Cc2cc(CC)c(N)c(CC)c2)cc1CC. The summed E-state index contributed by atoms with van der Waals surface area (Å²) in [6, 6.07) is 9.12. The van der Waals surface area contributed by atoms with Crippen molar-refractivity contribution in [2.45, 2.75) is 59.8 Å². The quantitative estimate of drug-likeness (QED) is 0.535. The van der Waals surface area contributed by atoms with Crippen LogP contribution in [0.2, 0.25) is 0 Å². The van der Waals surface area contributed by atoms with Crippen LogP contribution >= 0.6 is 0 Å². The van der Waals surface area contributed by atoms with Crippen LogP contribution in [0.15, 0.2) is 29.3 Å². The number of rotatable bonds is 7. The largest absolute Gasteiger partial charge is 0.398 e. The molecular formula is C22H30N2. The highest BCUT2D eigenvalue weighted by Crippen LogP contribution is 2.29. The molecule has 0 amide bonds.